The van der Waals surface area contributed by atoms with E-state index in [2.05, 4.69) is 132 Å². The Hall–Kier alpha value is -5.54. The minimum Gasteiger partial charge on any atom is -0.416 e. The molecule has 0 aliphatic rings. The maximum absolute atomic E-state index is 6.30. The van der Waals surface area contributed by atoms with E-state index in [9.17, 15) is 0 Å². The van der Waals surface area contributed by atoms with Crippen LogP contribution in [0.25, 0.3) is 78.2 Å². The van der Waals surface area contributed by atoms with Crippen LogP contribution in [0.3, 0.4) is 0 Å². The summed E-state index contributed by atoms with van der Waals surface area (Å²) in [5.41, 5.74) is 4.19. The summed E-state index contributed by atoms with van der Waals surface area (Å²) in [6, 6.07) is 46.5. The topological polar surface area (TPSA) is 38.9 Å². The highest BCUT2D eigenvalue weighted by atomic mass is 16.4. The Labute approximate surface area is 237 Å². The molecule has 0 N–H and O–H groups in total. The molecule has 0 amide bonds. The third-order valence-corrected chi connectivity index (χ3v) is 7.82. The molecule has 8 rings (SSSR count). The number of fused-ring (bicyclic) bond motifs is 4. The third kappa shape index (κ3) is 4.07. The van der Waals surface area contributed by atoms with E-state index in [1.807, 2.05) is 24.3 Å². The SMILES string of the molecule is C(=Cc1c2ccccc2cc2ccccc12)c1ccc(-c2nnc(-c3c4ccccc4cc4ccccc34)o2)cc1. The Morgan fingerprint density at radius 3 is 1.46 bits per heavy atom. The molecule has 0 aliphatic carbocycles. The van der Waals surface area contributed by atoms with Gasteiger partial charge in [-0.2, -0.15) is 0 Å². The number of hydrogen-bond donors (Lipinski definition) is 0. The Morgan fingerprint density at radius 1 is 0.439 bits per heavy atom. The highest BCUT2D eigenvalue weighted by molar-refractivity contribution is 6.11. The summed E-state index contributed by atoms with van der Waals surface area (Å²) in [6.07, 6.45) is 4.38. The van der Waals surface area contributed by atoms with Gasteiger partial charge in [-0.05, 0) is 78.5 Å². The van der Waals surface area contributed by atoms with Gasteiger partial charge >= 0.3 is 0 Å². The van der Waals surface area contributed by atoms with E-state index < -0.39 is 0 Å². The van der Waals surface area contributed by atoms with Gasteiger partial charge < -0.3 is 4.42 Å². The Morgan fingerprint density at radius 2 is 0.902 bits per heavy atom. The maximum atomic E-state index is 6.30. The average Bonchev–Trinajstić information content (AvgIpc) is 3.52. The zero-order valence-electron chi connectivity index (χ0n) is 22.2. The number of rotatable bonds is 4. The van der Waals surface area contributed by atoms with E-state index in [-0.39, 0.29) is 0 Å². The van der Waals surface area contributed by atoms with Gasteiger partial charge in [0.2, 0.25) is 11.8 Å². The van der Waals surface area contributed by atoms with Crippen LogP contribution in [0.1, 0.15) is 11.1 Å². The van der Waals surface area contributed by atoms with Crippen molar-refractivity contribution in [3.63, 3.8) is 0 Å². The summed E-state index contributed by atoms with van der Waals surface area (Å²) >= 11 is 0. The summed E-state index contributed by atoms with van der Waals surface area (Å²) in [7, 11) is 0. The van der Waals surface area contributed by atoms with E-state index in [4.69, 9.17) is 4.42 Å². The van der Waals surface area contributed by atoms with Gasteiger partial charge in [0.1, 0.15) is 0 Å². The maximum Gasteiger partial charge on any atom is 0.249 e. The van der Waals surface area contributed by atoms with Crippen molar-refractivity contribution in [3.8, 4) is 22.9 Å². The van der Waals surface area contributed by atoms with Crippen LogP contribution in [0.2, 0.25) is 0 Å². The number of aromatic nitrogens is 2. The van der Waals surface area contributed by atoms with Crippen molar-refractivity contribution in [1.82, 2.24) is 10.2 Å². The first-order chi connectivity index (χ1) is 20.3. The lowest BCUT2D eigenvalue weighted by Crippen LogP contribution is -1.85. The van der Waals surface area contributed by atoms with Crippen molar-refractivity contribution in [3.05, 3.63) is 145 Å². The normalized spacial score (nSPS) is 11.8. The van der Waals surface area contributed by atoms with Crippen molar-refractivity contribution in [2.24, 2.45) is 0 Å². The summed E-state index contributed by atoms with van der Waals surface area (Å²) in [5.74, 6) is 1.03. The second-order valence-electron chi connectivity index (χ2n) is 10.3. The van der Waals surface area contributed by atoms with E-state index >= 15 is 0 Å². The van der Waals surface area contributed by atoms with Gasteiger partial charge in [-0.15, -0.1) is 10.2 Å². The quantitative estimate of drug-likeness (QED) is 0.170. The second kappa shape index (κ2) is 9.58. The lowest BCUT2D eigenvalue weighted by atomic mass is 9.96. The Balaban J connectivity index is 1.15. The van der Waals surface area contributed by atoms with E-state index in [0.717, 1.165) is 38.2 Å². The van der Waals surface area contributed by atoms with Crippen LogP contribution >= 0.6 is 0 Å². The van der Waals surface area contributed by atoms with Crippen LogP contribution in [0.15, 0.2) is 138 Å². The first-order valence-corrected chi connectivity index (χ1v) is 13.8. The molecule has 0 spiro atoms. The lowest BCUT2D eigenvalue weighted by Gasteiger charge is -2.08. The minimum absolute atomic E-state index is 0.507. The summed E-state index contributed by atoms with van der Waals surface area (Å²) in [5, 5.41) is 18.4. The average molecular weight is 525 g/mol. The zero-order valence-corrected chi connectivity index (χ0v) is 22.2. The minimum atomic E-state index is 0.507. The van der Waals surface area contributed by atoms with Crippen LogP contribution in [-0.2, 0) is 0 Å². The van der Waals surface area contributed by atoms with Crippen molar-refractivity contribution in [2.75, 3.05) is 0 Å². The molecule has 0 fully saturated rings. The van der Waals surface area contributed by atoms with Crippen LogP contribution in [-0.4, -0.2) is 10.2 Å². The third-order valence-electron chi connectivity index (χ3n) is 7.82. The molecule has 0 atom stereocenters. The van der Waals surface area contributed by atoms with Crippen LogP contribution in [0.4, 0.5) is 0 Å². The molecular weight excluding hydrogens is 500 g/mol. The molecule has 192 valence electrons. The molecule has 8 aromatic rings. The van der Waals surface area contributed by atoms with E-state index in [1.165, 1.54) is 27.1 Å². The molecule has 0 bridgehead atoms. The highest BCUT2D eigenvalue weighted by Crippen LogP contribution is 2.37. The van der Waals surface area contributed by atoms with Gasteiger partial charge in [0.25, 0.3) is 0 Å². The van der Waals surface area contributed by atoms with Gasteiger partial charge in [0, 0.05) is 5.56 Å². The molecular formula is C38H24N2O. The van der Waals surface area contributed by atoms with Crippen molar-refractivity contribution >= 4 is 55.2 Å². The predicted molar refractivity (Wildman–Crippen MR) is 171 cm³/mol. The monoisotopic (exact) mass is 524 g/mol. The molecule has 0 unspecified atom stereocenters. The van der Waals surface area contributed by atoms with Crippen molar-refractivity contribution in [1.29, 1.82) is 0 Å². The molecule has 1 heterocycles. The fourth-order valence-electron chi connectivity index (χ4n) is 5.83. The molecule has 0 radical (unpaired) electrons. The number of benzene rings is 7. The summed E-state index contributed by atoms with van der Waals surface area (Å²) in [4.78, 5) is 0. The fourth-order valence-corrected chi connectivity index (χ4v) is 5.83. The molecule has 0 aliphatic heterocycles. The molecule has 7 aromatic carbocycles. The second-order valence-corrected chi connectivity index (χ2v) is 10.3. The van der Waals surface area contributed by atoms with Gasteiger partial charge in [-0.1, -0.05) is 121 Å². The molecule has 0 saturated carbocycles. The Bertz CT molecular complexity index is 2150. The summed E-state index contributed by atoms with van der Waals surface area (Å²) < 4.78 is 6.30. The predicted octanol–water partition coefficient (Wildman–Crippen LogP) is 10.2. The van der Waals surface area contributed by atoms with Crippen molar-refractivity contribution in [2.45, 2.75) is 0 Å². The first kappa shape index (κ1) is 23.4. The first-order valence-electron chi connectivity index (χ1n) is 13.8. The van der Waals surface area contributed by atoms with Crippen molar-refractivity contribution < 1.29 is 4.42 Å². The zero-order chi connectivity index (χ0) is 27.2. The van der Waals surface area contributed by atoms with Crippen LogP contribution < -0.4 is 0 Å². The largest absolute Gasteiger partial charge is 0.416 e. The standard InChI is InChI=1S/C38H24N2O/c1-5-13-31-27(9-1)23-28-10-2-6-14-32(28)35(31)22-19-25-17-20-26(21-18-25)37-39-40-38(41-37)36-33-15-7-3-11-29(33)24-30-12-4-8-16-34(30)36/h1-24H. The van der Waals surface area contributed by atoms with Crippen LogP contribution in [0.5, 0.6) is 0 Å². The lowest BCUT2D eigenvalue weighted by molar-refractivity contribution is 0.586. The molecule has 3 nitrogen and oxygen atoms in total. The van der Waals surface area contributed by atoms with Crippen LogP contribution in [0, 0.1) is 0 Å². The van der Waals surface area contributed by atoms with Gasteiger partial charge in [-0.25, -0.2) is 0 Å². The molecule has 3 heteroatoms. The summed E-state index contributed by atoms with van der Waals surface area (Å²) in [6.45, 7) is 0. The molecule has 41 heavy (non-hydrogen) atoms. The fraction of sp³-hybridized carbons (Fsp3) is 0. The van der Waals surface area contributed by atoms with Gasteiger partial charge in [0.15, 0.2) is 0 Å². The van der Waals surface area contributed by atoms with E-state index in [0.29, 0.717) is 11.8 Å². The number of hydrogen-bond acceptors (Lipinski definition) is 3. The van der Waals surface area contributed by atoms with Gasteiger partial charge in [-0.3, -0.25) is 0 Å². The number of nitrogens with zero attached hydrogens (tertiary/aromatic N) is 2. The van der Waals surface area contributed by atoms with Gasteiger partial charge in [0.05, 0.1) is 5.56 Å². The smallest absolute Gasteiger partial charge is 0.249 e. The Kier molecular flexibility index (Phi) is 5.46. The molecule has 1 aromatic heterocycles. The molecule has 0 saturated heterocycles. The van der Waals surface area contributed by atoms with E-state index in [1.54, 1.807) is 0 Å². The highest BCUT2D eigenvalue weighted by Gasteiger charge is 2.16.